The zero-order chi connectivity index (χ0) is 26.9. The number of carbonyl (C=O) groups is 1. The summed E-state index contributed by atoms with van der Waals surface area (Å²) in [6.45, 7) is 1.63. The third kappa shape index (κ3) is 5.52. The van der Waals surface area contributed by atoms with E-state index in [-0.39, 0.29) is 35.8 Å². The molecule has 2 heterocycles. The smallest absolute Gasteiger partial charge is 0.261 e. The van der Waals surface area contributed by atoms with Gasteiger partial charge in [0.05, 0.1) is 30.1 Å². The van der Waals surface area contributed by atoms with E-state index >= 15 is 0 Å². The first-order valence-corrected chi connectivity index (χ1v) is 13.9. The van der Waals surface area contributed by atoms with Crippen molar-refractivity contribution >= 4 is 21.6 Å². The highest BCUT2D eigenvalue weighted by molar-refractivity contribution is 7.92. The van der Waals surface area contributed by atoms with Crippen molar-refractivity contribution in [2.24, 2.45) is 0 Å². The molecule has 3 N–H and O–H groups in total. The largest absolute Gasteiger partial charge is 0.487 e. The molecule has 0 saturated carbocycles. The zero-order valence-electron chi connectivity index (χ0n) is 20.7. The van der Waals surface area contributed by atoms with Gasteiger partial charge in [-0.05, 0) is 61.4 Å². The molecular formula is C28H29FN2O6S. The number of amides is 1. The van der Waals surface area contributed by atoms with Gasteiger partial charge in [-0.15, -0.1) is 0 Å². The maximum atomic E-state index is 13.2. The number of aliphatic hydroxyl groups is 1. The molecule has 1 fully saturated rings. The van der Waals surface area contributed by atoms with Gasteiger partial charge in [-0.25, -0.2) is 12.8 Å². The van der Waals surface area contributed by atoms with Crippen LogP contribution in [0.15, 0.2) is 77.7 Å². The van der Waals surface area contributed by atoms with Crippen LogP contribution in [0.1, 0.15) is 42.9 Å². The van der Waals surface area contributed by atoms with Crippen LogP contribution >= 0.6 is 0 Å². The highest BCUT2D eigenvalue weighted by Crippen LogP contribution is 2.47. The minimum Gasteiger partial charge on any atom is -0.487 e. The lowest BCUT2D eigenvalue weighted by Crippen LogP contribution is -2.47. The van der Waals surface area contributed by atoms with Crippen molar-refractivity contribution in [3.05, 3.63) is 89.7 Å². The fourth-order valence-corrected chi connectivity index (χ4v) is 6.16. The van der Waals surface area contributed by atoms with Gasteiger partial charge in [-0.2, -0.15) is 0 Å². The summed E-state index contributed by atoms with van der Waals surface area (Å²) in [6, 6.07) is 19.0. The molecule has 1 saturated heterocycles. The molecule has 200 valence electrons. The van der Waals surface area contributed by atoms with E-state index in [4.69, 9.17) is 9.47 Å². The summed E-state index contributed by atoms with van der Waals surface area (Å²) in [5.41, 5.74) is 2.10. The standard InChI is InChI=1S/C28H29FN2O6S/c1-17(18-5-3-2-4-6-18)30-27(33)15-21-14-24-23-13-20(9-12-25(23)37-28(24)26(16-32)36-21)31-38(34,35)22-10-7-19(29)8-11-22/h2-13,17,21,24,26,28,31-32H,14-16H2,1H3,(H,30,33)/t17-,21-,24+,26+,28-/m1/s1. The quantitative estimate of drug-likeness (QED) is 0.400. The highest BCUT2D eigenvalue weighted by Gasteiger charge is 2.46. The van der Waals surface area contributed by atoms with Crippen LogP contribution < -0.4 is 14.8 Å². The van der Waals surface area contributed by atoms with Crippen LogP contribution in [-0.4, -0.2) is 44.4 Å². The number of hydrogen-bond acceptors (Lipinski definition) is 6. The summed E-state index contributed by atoms with van der Waals surface area (Å²) in [6.07, 6.45) is -0.963. The van der Waals surface area contributed by atoms with Crippen LogP contribution in [0, 0.1) is 5.82 Å². The van der Waals surface area contributed by atoms with Crippen molar-refractivity contribution in [1.29, 1.82) is 0 Å². The average molecular weight is 541 g/mol. The number of fused-ring (bicyclic) bond motifs is 3. The maximum Gasteiger partial charge on any atom is 0.261 e. The van der Waals surface area contributed by atoms with Crippen LogP contribution in [-0.2, 0) is 19.6 Å². The number of carbonyl (C=O) groups excluding carboxylic acids is 1. The van der Waals surface area contributed by atoms with Crippen LogP contribution in [0.4, 0.5) is 10.1 Å². The highest BCUT2D eigenvalue weighted by atomic mass is 32.2. The summed E-state index contributed by atoms with van der Waals surface area (Å²) < 4.78 is 53.5. The number of halogens is 1. The van der Waals surface area contributed by atoms with Gasteiger partial charge in [0.15, 0.2) is 0 Å². The molecule has 0 bridgehead atoms. The molecule has 0 aliphatic carbocycles. The van der Waals surface area contributed by atoms with Crippen molar-refractivity contribution in [2.45, 2.75) is 54.9 Å². The SMILES string of the molecule is C[C@@H](NC(=O)C[C@H]1C[C@H]2c3cc(NS(=O)(=O)c4ccc(F)cc4)ccc3O[C@H]2[C@H](CO)O1)c1ccccc1. The zero-order valence-corrected chi connectivity index (χ0v) is 21.5. The molecule has 0 spiro atoms. The fourth-order valence-electron chi connectivity index (χ4n) is 5.11. The minimum atomic E-state index is -3.93. The van der Waals surface area contributed by atoms with E-state index in [1.807, 2.05) is 37.3 Å². The van der Waals surface area contributed by atoms with Crippen molar-refractivity contribution in [3.63, 3.8) is 0 Å². The molecule has 2 aliphatic rings. The first kappa shape index (κ1) is 26.1. The molecule has 2 aliphatic heterocycles. The van der Waals surface area contributed by atoms with Crippen molar-refractivity contribution in [1.82, 2.24) is 5.32 Å². The molecule has 1 amide bonds. The summed E-state index contributed by atoms with van der Waals surface area (Å²) in [7, 11) is -3.93. The van der Waals surface area contributed by atoms with E-state index < -0.39 is 34.2 Å². The second-order valence-corrected chi connectivity index (χ2v) is 11.3. The lowest BCUT2D eigenvalue weighted by atomic mass is 9.84. The Bertz CT molecular complexity index is 1400. The minimum absolute atomic E-state index is 0.0595. The molecule has 0 unspecified atom stereocenters. The van der Waals surface area contributed by atoms with Crippen LogP contribution in [0.3, 0.4) is 0 Å². The predicted molar refractivity (Wildman–Crippen MR) is 139 cm³/mol. The Labute approximate surface area is 220 Å². The van der Waals surface area contributed by atoms with Gasteiger partial charge in [-0.3, -0.25) is 9.52 Å². The van der Waals surface area contributed by atoms with Gasteiger partial charge in [0.25, 0.3) is 10.0 Å². The number of sulfonamides is 1. The average Bonchev–Trinajstić information content (AvgIpc) is 3.26. The second-order valence-electron chi connectivity index (χ2n) is 9.62. The lowest BCUT2D eigenvalue weighted by Gasteiger charge is -2.37. The molecular weight excluding hydrogens is 511 g/mol. The van der Waals surface area contributed by atoms with Gasteiger partial charge in [0.1, 0.15) is 23.8 Å². The van der Waals surface area contributed by atoms with E-state index in [2.05, 4.69) is 10.0 Å². The molecule has 10 heteroatoms. The van der Waals surface area contributed by atoms with Gasteiger partial charge in [-0.1, -0.05) is 30.3 Å². The predicted octanol–water partition coefficient (Wildman–Crippen LogP) is 3.89. The van der Waals surface area contributed by atoms with E-state index in [0.717, 1.165) is 23.3 Å². The van der Waals surface area contributed by atoms with E-state index in [1.54, 1.807) is 18.2 Å². The summed E-state index contributed by atoms with van der Waals surface area (Å²) in [5.74, 6) is -0.313. The summed E-state index contributed by atoms with van der Waals surface area (Å²) in [5, 5.41) is 13.0. The van der Waals surface area contributed by atoms with Crippen molar-refractivity contribution < 1.29 is 32.2 Å². The molecule has 3 aromatic rings. The topological polar surface area (TPSA) is 114 Å². The second kappa shape index (κ2) is 10.7. The van der Waals surface area contributed by atoms with E-state index in [0.29, 0.717) is 17.9 Å². The summed E-state index contributed by atoms with van der Waals surface area (Å²) >= 11 is 0. The molecule has 3 aromatic carbocycles. The Kier molecular flexibility index (Phi) is 7.38. The third-order valence-electron chi connectivity index (χ3n) is 6.97. The number of ether oxygens (including phenoxy) is 2. The number of nitrogens with one attached hydrogen (secondary N) is 2. The Balaban J connectivity index is 1.30. The van der Waals surface area contributed by atoms with Gasteiger partial charge >= 0.3 is 0 Å². The maximum absolute atomic E-state index is 13.2. The molecule has 0 radical (unpaired) electrons. The molecule has 38 heavy (non-hydrogen) atoms. The lowest BCUT2D eigenvalue weighted by molar-refractivity contribution is -0.142. The van der Waals surface area contributed by atoms with Gasteiger partial charge < -0.3 is 19.9 Å². The molecule has 0 aromatic heterocycles. The van der Waals surface area contributed by atoms with Crippen LogP contribution in [0.5, 0.6) is 5.75 Å². The number of benzene rings is 3. The van der Waals surface area contributed by atoms with Crippen LogP contribution in [0.25, 0.3) is 0 Å². The van der Waals surface area contributed by atoms with Crippen molar-refractivity contribution in [3.8, 4) is 5.75 Å². The monoisotopic (exact) mass is 540 g/mol. The third-order valence-corrected chi connectivity index (χ3v) is 8.36. The summed E-state index contributed by atoms with van der Waals surface area (Å²) in [4.78, 5) is 12.7. The van der Waals surface area contributed by atoms with Gasteiger partial charge in [0.2, 0.25) is 5.91 Å². The number of aliphatic hydroxyl groups excluding tert-OH is 1. The molecule has 5 rings (SSSR count). The molecule has 5 atom stereocenters. The fraction of sp³-hybridized carbons (Fsp3) is 0.321. The molecule has 8 nitrogen and oxygen atoms in total. The van der Waals surface area contributed by atoms with Crippen LogP contribution in [0.2, 0.25) is 0 Å². The Morgan fingerprint density at radius 2 is 1.84 bits per heavy atom. The Hall–Kier alpha value is -3.47. The van der Waals surface area contributed by atoms with Crippen molar-refractivity contribution in [2.75, 3.05) is 11.3 Å². The number of hydrogen-bond donors (Lipinski definition) is 3. The van der Waals surface area contributed by atoms with Gasteiger partial charge in [0, 0.05) is 17.2 Å². The van der Waals surface area contributed by atoms with E-state index in [1.165, 1.54) is 12.1 Å². The first-order chi connectivity index (χ1) is 18.2. The van der Waals surface area contributed by atoms with E-state index in [9.17, 15) is 22.7 Å². The first-order valence-electron chi connectivity index (χ1n) is 12.4. The number of anilines is 1. The Morgan fingerprint density at radius 3 is 2.55 bits per heavy atom. The Morgan fingerprint density at radius 1 is 1.11 bits per heavy atom. The number of rotatable bonds is 8. The normalized spacial score (nSPS) is 23.0.